The van der Waals surface area contributed by atoms with Gasteiger partial charge in [-0.2, -0.15) is 0 Å². The first kappa shape index (κ1) is 31.4. The van der Waals surface area contributed by atoms with Crippen LogP contribution in [-0.2, 0) is 0 Å². The number of nitrogens with zero attached hydrogens (tertiary/aromatic N) is 5. The molecule has 0 N–H and O–H groups in total. The van der Waals surface area contributed by atoms with Crippen molar-refractivity contribution in [3.05, 3.63) is 188 Å². The average molecular weight is 690 g/mol. The van der Waals surface area contributed by atoms with Crippen molar-refractivity contribution < 1.29 is 0 Å². The zero-order chi connectivity index (χ0) is 35.8. The number of hydrogen-bond acceptors (Lipinski definition) is 5. The summed E-state index contributed by atoms with van der Waals surface area (Å²) in [7, 11) is 0. The molecule has 5 nitrogen and oxygen atoms in total. The van der Waals surface area contributed by atoms with Crippen molar-refractivity contribution >= 4 is 32.3 Å². The molecule has 0 atom stereocenters. The molecule has 3 heterocycles. The lowest BCUT2D eigenvalue weighted by molar-refractivity contribution is 1.07. The Bertz CT molecular complexity index is 2930. The van der Waals surface area contributed by atoms with Crippen LogP contribution in [0.25, 0.3) is 100.0 Å². The lowest BCUT2D eigenvalue weighted by Gasteiger charge is -2.14. The Morgan fingerprint density at radius 3 is 1.31 bits per heavy atom. The predicted molar refractivity (Wildman–Crippen MR) is 221 cm³/mol. The molecule has 7 aromatic carbocycles. The number of pyridine rings is 2. The smallest absolute Gasteiger partial charge is 0.164 e. The van der Waals surface area contributed by atoms with Gasteiger partial charge in [0.25, 0.3) is 0 Å². The standard InChI is InChI=1S/C49H31N5/c1-3-9-32(10-4-1)33-15-17-36(18-16-33)48-52-47(35-11-5-2-6-12-35)53-49(54-48)38-20-23-43-42-22-19-37(29-44(42)40-13-7-8-14-41(40)45(43)30-38)46-24-21-39(31-51-46)34-25-27-50-28-26-34/h1-31H. The first-order valence-electron chi connectivity index (χ1n) is 18.0. The van der Waals surface area contributed by atoms with Crippen molar-refractivity contribution in [2.75, 3.05) is 0 Å². The molecular formula is C49H31N5. The molecule has 3 aromatic heterocycles. The number of rotatable bonds is 6. The molecule has 0 bridgehead atoms. The van der Waals surface area contributed by atoms with Crippen molar-refractivity contribution in [3.63, 3.8) is 0 Å². The highest BCUT2D eigenvalue weighted by Crippen LogP contribution is 2.39. The molecular weight excluding hydrogens is 659 g/mol. The maximum absolute atomic E-state index is 5.09. The quantitative estimate of drug-likeness (QED) is 0.163. The van der Waals surface area contributed by atoms with Crippen LogP contribution in [-0.4, -0.2) is 24.9 Å². The molecule has 5 heteroatoms. The second-order valence-corrected chi connectivity index (χ2v) is 13.3. The van der Waals surface area contributed by atoms with Gasteiger partial charge in [-0.15, -0.1) is 0 Å². The molecule has 0 aliphatic rings. The summed E-state index contributed by atoms with van der Waals surface area (Å²) in [6.45, 7) is 0. The topological polar surface area (TPSA) is 64.5 Å². The van der Waals surface area contributed by atoms with E-state index in [9.17, 15) is 0 Å². The van der Waals surface area contributed by atoms with E-state index in [-0.39, 0.29) is 0 Å². The summed E-state index contributed by atoms with van der Waals surface area (Å²) in [4.78, 5) is 24.1. The zero-order valence-corrected chi connectivity index (χ0v) is 29.1. The molecule has 252 valence electrons. The van der Waals surface area contributed by atoms with Gasteiger partial charge in [0, 0.05) is 46.4 Å². The highest BCUT2D eigenvalue weighted by Gasteiger charge is 2.16. The van der Waals surface area contributed by atoms with E-state index in [0.29, 0.717) is 17.5 Å². The third-order valence-electron chi connectivity index (χ3n) is 10.1. The Labute approximate surface area is 312 Å². The average Bonchev–Trinajstić information content (AvgIpc) is 3.27. The Balaban J connectivity index is 1.09. The summed E-state index contributed by atoms with van der Waals surface area (Å²) in [5, 5.41) is 7.07. The zero-order valence-electron chi connectivity index (χ0n) is 29.1. The minimum Gasteiger partial charge on any atom is -0.265 e. The Hall–Kier alpha value is -7.37. The van der Waals surface area contributed by atoms with E-state index < -0.39 is 0 Å². The maximum Gasteiger partial charge on any atom is 0.164 e. The third-order valence-corrected chi connectivity index (χ3v) is 10.1. The fraction of sp³-hybridized carbons (Fsp3) is 0. The lowest BCUT2D eigenvalue weighted by Crippen LogP contribution is -2.00. The maximum atomic E-state index is 5.09. The Morgan fingerprint density at radius 2 is 0.704 bits per heavy atom. The van der Waals surface area contributed by atoms with Crippen molar-refractivity contribution in [1.82, 2.24) is 24.9 Å². The predicted octanol–water partition coefficient (Wildman–Crippen LogP) is 12.1. The van der Waals surface area contributed by atoms with Crippen LogP contribution >= 0.6 is 0 Å². The van der Waals surface area contributed by atoms with Gasteiger partial charge in [-0.3, -0.25) is 9.97 Å². The van der Waals surface area contributed by atoms with Crippen molar-refractivity contribution in [3.8, 4) is 67.7 Å². The molecule has 54 heavy (non-hydrogen) atoms. The van der Waals surface area contributed by atoms with Gasteiger partial charge >= 0.3 is 0 Å². The van der Waals surface area contributed by atoms with Gasteiger partial charge in [-0.05, 0) is 79.3 Å². The molecule has 0 radical (unpaired) electrons. The van der Waals surface area contributed by atoms with Crippen LogP contribution < -0.4 is 0 Å². The van der Waals surface area contributed by atoms with Crippen LogP contribution in [0, 0.1) is 0 Å². The first-order chi connectivity index (χ1) is 26.7. The highest BCUT2D eigenvalue weighted by molar-refractivity contribution is 6.26. The van der Waals surface area contributed by atoms with E-state index in [1.807, 2.05) is 54.7 Å². The molecule has 0 amide bonds. The lowest BCUT2D eigenvalue weighted by atomic mass is 9.91. The van der Waals surface area contributed by atoms with Gasteiger partial charge < -0.3 is 0 Å². The Morgan fingerprint density at radius 1 is 0.278 bits per heavy atom. The summed E-state index contributed by atoms with van der Waals surface area (Å²) in [5.41, 5.74) is 9.30. The summed E-state index contributed by atoms with van der Waals surface area (Å²) in [6, 6.07) is 59.1. The van der Waals surface area contributed by atoms with Crippen LogP contribution in [0.5, 0.6) is 0 Å². The van der Waals surface area contributed by atoms with Crippen molar-refractivity contribution in [2.24, 2.45) is 0 Å². The SMILES string of the molecule is c1ccc(-c2ccc(-c3nc(-c4ccccc4)nc(-c4ccc5c6ccc(-c7ccc(-c8ccncc8)cn7)cc6c6ccccc6c5c4)n3)cc2)cc1. The van der Waals surface area contributed by atoms with Crippen LogP contribution in [0.3, 0.4) is 0 Å². The molecule has 0 aliphatic carbocycles. The largest absolute Gasteiger partial charge is 0.265 e. The molecule has 0 aliphatic heterocycles. The van der Waals surface area contributed by atoms with Gasteiger partial charge in [-0.25, -0.2) is 15.0 Å². The van der Waals surface area contributed by atoms with Gasteiger partial charge in [0.15, 0.2) is 17.5 Å². The fourth-order valence-electron chi connectivity index (χ4n) is 7.33. The van der Waals surface area contributed by atoms with Crippen molar-refractivity contribution in [1.29, 1.82) is 0 Å². The van der Waals surface area contributed by atoms with Gasteiger partial charge in [0.2, 0.25) is 0 Å². The van der Waals surface area contributed by atoms with Crippen LogP contribution in [0.1, 0.15) is 0 Å². The number of aromatic nitrogens is 5. The molecule has 0 fully saturated rings. The van der Waals surface area contributed by atoms with E-state index in [2.05, 4.69) is 126 Å². The fourth-order valence-corrected chi connectivity index (χ4v) is 7.33. The summed E-state index contributed by atoms with van der Waals surface area (Å²) < 4.78 is 0. The molecule has 0 saturated carbocycles. The summed E-state index contributed by atoms with van der Waals surface area (Å²) in [5.74, 6) is 1.91. The minimum absolute atomic E-state index is 0.633. The molecule has 0 unspecified atom stereocenters. The Kier molecular flexibility index (Phi) is 7.73. The van der Waals surface area contributed by atoms with E-state index in [0.717, 1.165) is 50.0 Å². The molecule has 10 rings (SSSR count). The number of benzene rings is 7. The van der Waals surface area contributed by atoms with Crippen molar-refractivity contribution in [2.45, 2.75) is 0 Å². The summed E-state index contributed by atoms with van der Waals surface area (Å²) in [6.07, 6.45) is 5.55. The van der Waals surface area contributed by atoms with Crippen LogP contribution in [0.4, 0.5) is 0 Å². The first-order valence-corrected chi connectivity index (χ1v) is 18.0. The van der Waals surface area contributed by atoms with E-state index in [4.69, 9.17) is 19.9 Å². The normalized spacial score (nSPS) is 11.3. The molecule has 0 spiro atoms. The third kappa shape index (κ3) is 5.74. The van der Waals surface area contributed by atoms with E-state index in [1.54, 1.807) is 12.4 Å². The van der Waals surface area contributed by atoms with Gasteiger partial charge in [0.1, 0.15) is 0 Å². The highest BCUT2D eigenvalue weighted by atomic mass is 15.0. The summed E-state index contributed by atoms with van der Waals surface area (Å²) >= 11 is 0. The van der Waals surface area contributed by atoms with E-state index in [1.165, 1.54) is 32.5 Å². The van der Waals surface area contributed by atoms with E-state index >= 15 is 0 Å². The monoisotopic (exact) mass is 689 g/mol. The number of fused-ring (bicyclic) bond motifs is 6. The van der Waals surface area contributed by atoms with Gasteiger partial charge in [0.05, 0.1) is 5.69 Å². The van der Waals surface area contributed by atoms with Crippen LogP contribution in [0.2, 0.25) is 0 Å². The second-order valence-electron chi connectivity index (χ2n) is 13.3. The van der Waals surface area contributed by atoms with Crippen LogP contribution in [0.15, 0.2) is 188 Å². The molecule has 10 aromatic rings. The van der Waals surface area contributed by atoms with Gasteiger partial charge in [-0.1, -0.05) is 140 Å². The minimum atomic E-state index is 0.633. The number of hydrogen-bond donors (Lipinski definition) is 0. The molecule has 0 saturated heterocycles. The second kappa shape index (κ2) is 13.3.